The molecule has 0 atom stereocenters. The van der Waals surface area contributed by atoms with Crippen molar-refractivity contribution in [1.82, 2.24) is 0 Å². The number of benzene rings is 2. The van der Waals surface area contributed by atoms with Crippen LogP contribution in [0.3, 0.4) is 0 Å². The van der Waals surface area contributed by atoms with Crippen LogP contribution in [0.1, 0.15) is 31.1 Å². The lowest BCUT2D eigenvalue weighted by Gasteiger charge is -2.30. The fourth-order valence-corrected chi connectivity index (χ4v) is 4.29. The predicted octanol–water partition coefficient (Wildman–Crippen LogP) is 3.53. The number of nitrogens with one attached hydrogen (secondary N) is 1. The van der Waals surface area contributed by atoms with Crippen molar-refractivity contribution in [3.05, 3.63) is 48.0 Å². The van der Waals surface area contributed by atoms with E-state index >= 15 is 0 Å². The van der Waals surface area contributed by atoms with E-state index in [1.54, 1.807) is 50.4 Å². The van der Waals surface area contributed by atoms with Gasteiger partial charge in [0.25, 0.3) is 15.9 Å². The van der Waals surface area contributed by atoms with Crippen molar-refractivity contribution < 1.29 is 17.9 Å². The van der Waals surface area contributed by atoms with Crippen molar-refractivity contribution in [3.63, 3.8) is 0 Å². The van der Waals surface area contributed by atoms with Crippen molar-refractivity contribution in [3.8, 4) is 5.75 Å². The zero-order valence-corrected chi connectivity index (χ0v) is 17.1. The molecule has 0 saturated carbocycles. The van der Waals surface area contributed by atoms with Crippen LogP contribution >= 0.6 is 0 Å². The molecule has 0 aliphatic carbocycles. The Morgan fingerprint density at radius 3 is 2.64 bits per heavy atom. The van der Waals surface area contributed by atoms with E-state index in [0.717, 1.165) is 0 Å². The molecular weight excluding hydrogens is 378 g/mol. The monoisotopic (exact) mass is 401 g/mol. The third-order valence-electron chi connectivity index (χ3n) is 4.31. The lowest BCUT2D eigenvalue weighted by molar-refractivity contribution is 0.102. The minimum Gasteiger partial charge on any atom is -0.497 e. The van der Waals surface area contributed by atoms with Crippen LogP contribution in [0.25, 0.3) is 0 Å². The van der Waals surface area contributed by atoms with Gasteiger partial charge in [0, 0.05) is 23.9 Å². The first kappa shape index (κ1) is 19.9. The van der Waals surface area contributed by atoms with Gasteiger partial charge in [-0.3, -0.25) is 4.79 Å². The average molecular weight is 401 g/mol. The first-order chi connectivity index (χ1) is 13.2. The number of anilines is 2. The van der Waals surface area contributed by atoms with Crippen molar-refractivity contribution >= 4 is 33.1 Å². The fraction of sp³-hybridized carbons (Fsp3) is 0.300. The largest absolute Gasteiger partial charge is 0.497 e. The van der Waals surface area contributed by atoms with Crippen LogP contribution < -0.4 is 15.0 Å². The van der Waals surface area contributed by atoms with Gasteiger partial charge in [-0.1, -0.05) is 19.9 Å². The Balaban J connectivity index is 1.95. The number of fused-ring (bicyclic) bond motifs is 1. The number of sulfonamides is 1. The molecule has 0 bridgehead atoms. The van der Waals surface area contributed by atoms with Crippen LogP contribution in [0.15, 0.2) is 51.8 Å². The van der Waals surface area contributed by atoms with Gasteiger partial charge < -0.3 is 15.0 Å². The highest BCUT2D eigenvalue weighted by Crippen LogP contribution is 2.33. The number of rotatable bonds is 5. The van der Waals surface area contributed by atoms with Gasteiger partial charge in [0.1, 0.15) is 16.5 Å². The Morgan fingerprint density at radius 1 is 1.21 bits per heavy atom. The van der Waals surface area contributed by atoms with Gasteiger partial charge >= 0.3 is 0 Å². The van der Waals surface area contributed by atoms with Gasteiger partial charge in [0.2, 0.25) is 0 Å². The Morgan fingerprint density at radius 2 is 1.96 bits per heavy atom. The van der Waals surface area contributed by atoms with E-state index in [0.29, 0.717) is 35.4 Å². The molecule has 1 amide bonds. The molecule has 0 radical (unpaired) electrons. The van der Waals surface area contributed by atoms with E-state index in [9.17, 15) is 13.2 Å². The Kier molecular flexibility index (Phi) is 5.42. The molecule has 3 rings (SSSR count). The number of carbonyl (C=O) groups excluding carboxylic acids is 1. The molecule has 1 N–H and O–H groups in total. The molecule has 2 aromatic carbocycles. The van der Waals surface area contributed by atoms with Crippen LogP contribution in [0.4, 0.5) is 11.4 Å². The summed E-state index contributed by atoms with van der Waals surface area (Å²) in [6.45, 7) is 6.40. The van der Waals surface area contributed by atoms with E-state index in [4.69, 9.17) is 4.74 Å². The molecule has 1 aliphatic heterocycles. The summed E-state index contributed by atoms with van der Waals surface area (Å²) in [5.74, 6) is 0.942. The molecule has 8 heteroatoms. The van der Waals surface area contributed by atoms with Crippen LogP contribution in [0.5, 0.6) is 5.75 Å². The maximum absolute atomic E-state index is 12.6. The fourth-order valence-electron chi connectivity index (χ4n) is 3.03. The third-order valence-corrected chi connectivity index (χ3v) is 5.70. The minimum absolute atomic E-state index is 0.0389. The van der Waals surface area contributed by atoms with Crippen LogP contribution in [0, 0.1) is 5.92 Å². The second kappa shape index (κ2) is 7.63. The number of hydrogen-bond acceptors (Lipinski definition) is 5. The minimum atomic E-state index is -3.85. The molecule has 148 valence electrons. The van der Waals surface area contributed by atoms with Crippen molar-refractivity contribution in [2.45, 2.75) is 25.7 Å². The average Bonchev–Trinajstić information content (AvgIpc) is 2.64. The molecule has 28 heavy (non-hydrogen) atoms. The standard InChI is InChI=1S/C20H23N3O4S/c1-13(2)12-23-14(3)22-28(25,26)19-10-15(8-9-18(19)23)20(24)21-16-6-5-7-17(11-16)27-4/h5-11,13H,12H2,1-4H3,(H,21,24). The number of ether oxygens (including phenoxy) is 1. The number of carbonyl (C=O) groups is 1. The topological polar surface area (TPSA) is 88.1 Å². The first-order valence-corrected chi connectivity index (χ1v) is 10.3. The van der Waals surface area contributed by atoms with E-state index in [1.165, 1.54) is 6.07 Å². The quantitative estimate of drug-likeness (QED) is 0.828. The van der Waals surface area contributed by atoms with Gasteiger partial charge in [-0.05, 0) is 43.2 Å². The van der Waals surface area contributed by atoms with Crippen molar-refractivity contribution in [1.29, 1.82) is 0 Å². The summed E-state index contributed by atoms with van der Waals surface area (Å²) in [6.07, 6.45) is 0. The van der Waals surface area contributed by atoms with Gasteiger partial charge in [-0.15, -0.1) is 4.40 Å². The van der Waals surface area contributed by atoms with Gasteiger partial charge in [-0.25, -0.2) is 0 Å². The number of hydrogen-bond donors (Lipinski definition) is 1. The van der Waals surface area contributed by atoms with Gasteiger partial charge in [0.15, 0.2) is 0 Å². The second-order valence-corrected chi connectivity index (χ2v) is 8.56. The molecule has 2 aromatic rings. The SMILES string of the molecule is COc1cccc(NC(=O)c2ccc3c(c2)S(=O)(=O)N=C(C)N3CC(C)C)c1. The number of amidine groups is 1. The maximum Gasteiger partial charge on any atom is 0.286 e. The summed E-state index contributed by atoms with van der Waals surface area (Å²) in [6, 6.07) is 11.6. The van der Waals surface area contributed by atoms with E-state index < -0.39 is 15.9 Å². The Labute approximate surface area is 165 Å². The van der Waals surface area contributed by atoms with Crippen LogP contribution in [-0.4, -0.2) is 33.8 Å². The van der Waals surface area contributed by atoms with Crippen LogP contribution in [-0.2, 0) is 10.0 Å². The molecule has 0 spiro atoms. The van der Waals surface area contributed by atoms with Crippen molar-refractivity contribution in [2.75, 3.05) is 23.9 Å². The zero-order valence-electron chi connectivity index (χ0n) is 16.3. The molecule has 0 fully saturated rings. The molecule has 0 aromatic heterocycles. The van der Waals surface area contributed by atoms with E-state index in [-0.39, 0.29) is 10.5 Å². The summed E-state index contributed by atoms with van der Waals surface area (Å²) in [5.41, 5.74) is 1.34. The number of nitrogens with zero attached hydrogens (tertiary/aromatic N) is 2. The van der Waals surface area contributed by atoms with E-state index in [2.05, 4.69) is 9.71 Å². The zero-order chi connectivity index (χ0) is 20.5. The molecular formula is C20H23N3O4S. The molecule has 1 aliphatic rings. The first-order valence-electron chi connectivity index (χ1n) is 8.90. The van der Waals surface area contributed by atoms with Gasteiger partial charge in [-0.2, -0.15) is 8.42 Å². The molecule has 0 saturated heterocycles. The Hall–Kier alpha value is -2.87. The lowest BCUT2D eigenvalue weighted by atomic mass is 10.1. The van der Waals surface area contributed by atoms with E-state index in [1.807, 2.05) is 18.7 Å². The highest BCUT2D eigenvalue weighted by Gasteiger charge is 2.30. The number of methoxy groups -OCH3 is 1. The second-order valence-electron chi connectivity index (χ2n) is 6.99. The smallest absolute Gasteiger partial charge is 0.286 e. The highest BCUT2D eigenvalue weighted by molar-refractivity contribution is 7.90. The highest BCUT2D eigenvalue weighted by atomic mass is 32.2. The third kappa shape index (κ3) is 4.01. The normalized spacial score (nSPS) is 15.0. The molecule has 1 heterocycles. The summed E-state index contributed by atoms with van der Waals surface area (Å²) in [4.78, 5) is 14.5. The van der Waals surface area contributed by atoms with Crippen LogP contribution in [0.2, 0.25) is 0 Å². The summed E-state index contributed by atoms with van der Waals surface area (Å²) >= 11 is 0. The van der Waals surface area contributed by atoms with Gasteiger partial charge in [0.05, 0.1) is 12.8 Å². The summed E-state index contributed by atoms with van der Waals surface area (Å²) in [7, 11) is -2.31. The van der Waals surface area contributed by atoms with Crippen molar-refractivity contribution in [2.24, 2.45) is 10.3 Å². The lowest BCUT2D eigenvalue weighted by Crippen LogP contribution is -2.36. The Bertz CT molecular complexity index is 1050. The maximum atomic E-state index is 12.6. The summed E-state index contributed by atoms with van der Waals surface area (Å²) < 4.78 is 34.1. The summed E-state index contributed by atoms with van der Waals surface area (Å²) in [5, 5.41) is 2.76. The molecule has 7 nitrogen and oxygen atoms in total. The predicted molar refractivity (Wildman–Crippen MR) is 110 cm³/mol. The number of amides is 1. The molecule has 0 unspecified atom stereocenters.